The highest BCUT2D eigenvalue weighted by molar-refractivity contribution is 7.89. The molecule has 1 heterocycles. The van der Waals surface area contributed by atoms with Gasteiger partial charge in [-0.05, 0) is 50.6 Å². The minimum absolute atomic E-state index is 0.0111. The van der Waals surface area contributed by atoms with Gasteiger partial charge in [-0.15, -0.1) is 11.3 Å². The van der Waals surface area contributed by atoms with Crippen molar-refractivity contribution in [3.8, 4) is 0 Å². The van der Waals surface area contributed by atoms with Gasteiger partial charge in [-0.1, -0.05) is 19.3 Å². The second kappa shape index (κ2) is 7.22. The van der Waals surface area contributed by atoms with Crippen molar-refractivity contribution < 1.29 is 8.42 Å². The van der Waals surface area contributed by atoms with Gasteiger partial charge in [0.1, 0.15) is 4.90 Å². The predicted molar refractivity (Wildman–Crippen MR) is 88.2 cm³/mol. The van der Waals surface area contributed by atoms with E-state index < -0.39 is 10.0 Å². The summed E-state index contributed by atoms with van der Waals surface area (Å²) in [5.41, 5.74) is 0.841. The molecule has 0 aromatic carbocycles. The van der Waals surface area contributed by atoms with Gasteiger partial charge in [-0.25, -0.2) is 13.1 Å². The van der Waals surface area contributed by atoms with Crippen molar-refractivity contribution in [2.24, 2.45) is 5.92 Å². The van der Waals surface area contributed by atoms with Crippen LogP contribution in [0.4, 0.5) is 0 Å². The van der Waals surface area contributed by atoms with E-state index in [4.69, 9.17) is 0 Å². The molecule has 0 amide bonds. The second-order valence-electron chi connectivity index (χ2n) is 6.01. The minimum Gasteiger partial charge on any atom is -0.315 e. The van der Waals surface area contributed by atoms with E-state index in [1.807, 2.05) is 26.3 Å². The van der Waals surface area contributed by atoms with Gasteiger partial charge in [-0.2, -0.15) is 0 Å². The third-order valence-electron chi connectivity index (χ3n) is 4.29. The monoisotopic (exact) mass is 330 g/mol. The van der Waals surface area contributed by atoms with E-state index in [-0.39, 0.29) is 6.04 Å². The van der Waals surface area contributed by atoms with Gasteiger partial charge in [0.05, 0.1) is 0 Å². The smallest absolute Gasteiger partial charge is 0.242 e. The molecule has 1 fully saturated rings. The third-order valence-corrected chi connectivity index (χ3v) is 7.31. The Morgan fingerprint density at radius 3 is 2.62 bits per heavy atom. The molecule has 1 aromatic rings. The summed E-state index contributed by atoms with van der Waals surface area (Å²) >= 11 is 1.51. The lowest BCUT2D eigenvalue weighted by Gasteiger charge is -2.28. The highest BCUT2D eigenvalue weighted by Gasteiger charge is 2.28. The average Bonchev–Trinajstić information content (AvgIpc) is 2.81. The number of hydrogen-bond donors (Lipinski definition) is 2. The summed E-state index contributed by atoms with van der Waals surface area (Å²) in [5.74, 6) is 0.472. The van der Waals surface area contributed by atoms with Gasteiger partial charge < -0.3 is 5.32 Å². The Morgan fingerprint density at radius 1 is 1.33 bits per heavy atom. The highest BCUT2D eigenvalue weighted by Crippen LogP contribution is 2.30. The summed E-state index contributed by atoms with van der Waals surface area (Å²) in [6, 6.07) is 0.0111. The Kier molecular flexibility index (Phi) is 5.82. The molecule has 1 unspecified atom stereocenters. The number of thiophene rings is 1. The van der Waals surface area contributed by atoms with Crippen LogP contribution in [0, 0.1) is 12.8 Å². The second-order valence-corrected chi connectivity index (χ2v) is 8.62. The summed E-state index contributed by atoms with van der Waals surface area (Å²) in [5, 5.41) is 4.97. The first-order valence-corrected chi connectivity index (χ1v) is 10.1. The number of hydrogen-bond acceptors (Lipinski definition) is 4. The van der Waals surface area contributed by atoms with Crippen molar-refractivity contribution in [1.29, 1.82) is 0 Å². The molecule has 1 aromatic heterocycles. The molecule has 2 rings (SSSR count). The summed E-state index contributed by atoms with van der Waals surface area (Å²) in [6.07, 6.45) is 6.00. The van der Waals surface area contributed by atoms with Crippen molar-refractivity contribution in [2.75, 3.05) is 7.05 Å². The molecule has 0 bridgehead atoms. The number of rotatable bonds is 6. The van der Waals surface area contributed by atoms with Crippen LogP contribution in [0.2, 0.25) is 0 Å². The standard InChI is InChI=1S/C15H26N2O2S2/c1-11-10-20-14(9-16-3)15(11)21(18,19)17-12(2)13-7-5-4-6-8-13/h10,12-13,16-17H,4-9H2,1-3H3. The maximum absolute atomic E-state index is 12.7. The van der Waals surface area contributed by atoms with Crippen LogP contribution in [0.5, 0.6) is 0 Å². The first-order chi connectivity index (χ1) is 9.95. The summed E-state index contributed by atoms with van der Waals surface area (Å²) < 4.78 is 28.4. The van der Waals surface area contributed by atoms with Crippen LogP contribution in [-0.4, -0.2) is 21.5 Å². The van der Waals surface area contributed by atoms with E-state index in [0.29, 0.717) is 17.4 Å². The molecule has 1 aliphatic carbocycles. The lowest BCUT2D eigenvalue weighted by molar-refractivity contribution is 0.303. The maximum Gasteiger partial charge on any atom is 0.242 e. The van der Waals surface area contributed by atoms with Gasteiger partial charge in [0.25, 0.3) is 0 Å². The summed E-state index contributed by atoms with van der Waals surface area (Å²) in [4.78, 5) is 1.36. The van der Waals surface area contributed by atoms with E-state index in [1.54, 1.807) is 0 Å². The van der Waals surface area contributed by atoms with E-state index in [9.17, 15) is 8.42 Å². The molecule has 6 heteroatoms. The molecule has 4 nitrogen and oxygen atoms in total. The zero-order chi connectivity index (χ0) is 15.5. The Morgan fingerprint density at radius 2 is 2.00 bits per heavy atom. The molecule has 120 valence electrons. The van der Waals surface area contributed by atoms with E-state index in [0.717, 1.165) is 23.3 Å². The molecular weight excluding hydrogens is 304 g/mol. The van der Waals surface area contributed by atoms with Crippen LogP contribution in [0.25, 0.3) is 0 Å². The molecule has 0 saturated heterocycles. The molecule has 1 atom stereocenters. The zero-order valence-electron chi connectivity index (χ0n) is 13.1. The van der Waals surface area contributed by atoms with Gasteiger partial charge in [0.15, 0.2) is 0 Å². The minimum atomic E-state index is -3.43. The summed E-state index contributed by atoms with van der Waals surface area (Å²) in [7, 11) is -1.59. The molecule has 0 spiro atoms. The number of sulfonamides is 1. The highest BCUT2D eigenvalue weighted by atomic mass is 32.2. The average molecular weight is 331 g/mol. The van der Waals surface area contributed by atoms with Gasteiger partial charge in [0, 0.05) is 17.5 Å². The fourth-order valence-electron chi connectivity index (χ4n) is 3.16. The van der Waals surface area contributed by atoms with E-state index in [1.165, 1.54) is 30.6 Å². The molecule has 1 aliphatic rings. The maximum atomic E-state index is 12.7. The molecular formula is C15H26N2O2S2. The topological polar surface area (TPSA) is 58.2 Å². The molecule has 21 heavy (non-hydrogen) atoms. The van der Waals surface area contributed by atoms with E-state index in [2.05, 4.69) is 10.0 Å². The van der Waals surface area contributed by atoms with Crippen molar-refractivity contribution >= 4 is 21.4 Å². The molecule has 1 saturated carbocycles. The lowest BCUT2D eigenvalue weighted by atomic mass is 9.85. The largest absolute Gasteiger partial charge is 0.315 e. The predicted octanol–water partition coefficient (Wildman–Crippen LogP) is 3.02. The van der Waals surface area contributed by atoms with Crippen molar-refractivity contribution in [1.82, 2.24) is 10.0 Å². The van der Waals surface area contributed by atoms with Crippen LogP contribution >= 0.6 is 11.3 Å². The number of nitrogens with one attached hydrogen (secondary N) is 2. The van der Waals surface area contributed by atoms with Crippen molar-refractivity contribution in [2.45, 2.75) is 63.4 Å². The van der Waals surface area contributed by atoms with Crippen LogP contribution in [-0.2, 0) is 16.6 Å². The van der Waals surface area contributed by atoms with Crippen LogP contribution < -0.4 is 10.0 Å². The Bertz CT molecular complexity index is 560. The fraction of sp³-hybridized carbons (Fsp3) is 0.733. The number of aryl methyl sites for hydroxylation is 1. The van der Waals surface area contributed by atoms with Crippen molar-refractivity contribution in [3.63, 3.8) is 0 Å². The van der Waals surface area contributed by atoms with Crippen LogP contribution in [0.1, 0.15) is 49.5 Å². The Hall–Kier alpha value is -0.430. The van der Waals surface area contributed by atoms with Crippen molar-refractivity contribution in [3.05, 3.63) is 15.8 Å². The first-order valence-electron chi connectivity index (χ1n) is 7.69. The normalized spacial score (nSPS) is 18.8. The SMILES string of the molecule is CNCc1scc(C)c1S(=O)(=O)NC(C)C1CCCCC1. The lowest BCUT2D eigenvalue weighted by Crippen LogP contribution is -2.39. The third kappa shape index (κ3) is 4.06. The Labute approximate surface area is 132 Å². The quantitative estimate of drug-likeness (QED) is 0.843. The molecule has 0 radical (unpaired) electrons. The zero-order valence-corrected chi connectivity index (χ0v) is 14.7. The first kappa shape index (κ1) is 16.9. The van der Waals surface area contributed by atoms with Crippen LogP contribution in [0.3, 0.4) is 0 Å². The summed E-state index contributed by atoms with van der Waals surface area (Å²) in [6.45, 7) is 4.47. The molecule has 0 aliphatic heterocycles. The van der Waals surface area contributed by atoms with Gasteiger partial charge >= 0.3 is 0 Å². The van der Waals surface area contributed by atoms with E-state index >= 15 is 0 Å². The van der Waals surface area contributed by atoms with Gasteiger partial charge in [0.2, 0.25) is 10.0 Å². The van der Waals surface area contributed by atoms with Gasteiger partial charge in [-0.3, -0.25) is 0 Å². The Balaban J connectivity index is 2.16. The fourth-order valence-corrected chi connectivity index (χ4v) is 6.30. The molecule has 2 N–H and O–H groups in total. The van der Waals surface area contributed by atoms with Crippen LogP contribution in [0.15, 0.2) is 10.3 Å².